The van der Waals surface area contributed by atoms with E-state index in [1.54, 1.807) is 30.3 Å². The minimum Gasteiger partial charge on any atom is -0.488 e. The summed E-state index contributed by atoms with van der Waals surface area (Å²) in [5, 5.41) is 31.0. The number of benzene rings is 4. The molecule has 0 aliphatic rings. The zero-order chi connectivity index (χ0) is 28.5. The maximum atomic E-state index is 11.4. The lowest BCUT2D eigenvalue weighted by molar-refractivity contribution is -0.140. The number of nitrogens with zero attached hydrogens (tertiary/aromatic N) is 1. The molecule has 0 aliphatic carbocycles. The van der Waals surface area contributed by atoms with Crippen molar-refractivity contribution in [3.8, 4) is 28.7 Å². The van der Waals surface area contributed by atoms with Crippen LogP contribution in [0.1, 0.15) is 27.8 Å². The first-order valence-corrected chi connectivity index (χ1v) is 13.1. The highest BCUT2D eigenvalue weighted by atomic mass is 35.5. The number of aliphatic carboxylic acids is 1. The van der Waals surface area contributed by atoms with Crippen LogP contribution in [-0.4, -0.2) is 28.8 Å². The van der Waals surface area contributed by atoms with Gasteiger partial charge in [0.1, 0.15) is 30.8 Å². The van der Waals surface area contributed by atoms with Crippen LogP contribution in [-0.2, 0) is 24.6 Å². The molecular weight excluding hydrogens is 528 g/mol. The van der Waals surface area contributed by atoms with E-state index in [4.69, 9.17) is 21.1 Å². The van der Waals surface area contributed by atoms with Gasteiger partial charge in [0.2, 0.25) is 0 Å². The fourth-order valence-corrected chi connectivity index (χ4v) is 4.48. The average Bonchev–Trinajstić information content (AvgIpc) is 2.97. The number of carboxylic acid groups (broad SMARTS) is 1. The molecule has 0 radical (unpaired) electrons. The van der Waals surface area contributed by atoms with Crippen LogP contribution >= 0.6 is 11.6 Å². The van der Waals surface area contributed by atoms with Crippen molar-refractivity contribution in [2.75, 3.05) is 6.61 Å². The molecule has 0 aliphatic heterocycles. The first-order chi connectivity index (χ1) is 19.4. The maximum absolute atomic E-state index is 11.4. The van der Waals surface area contributed by atoms with Gasteiger partial charge in [-0.2, -0.15) is 5.26 Å². The second-order valence-corrected chi connectivity index (χ2v) is 9.60. The van der Waals surface area contributed by atoms with Crippen LogP contribution < -0.4 is 14.8 Å². The quantitative estimate of drug-likeness (QED) is 0.200. The van der Waals surface area contributed by atoms with Gasteiger partial charge in [0.25, 0.3) is 0 Å². The predicted molar refractivity (Wildman–Crippen MR) is 153 cm³/mol. The normalized spacial score (nSPS) is 11.4. The van der Waals surface area contributed by atoms with Gasteiger partial charge in [0.05, 0.1) is 23.3 Å². The molecule has 0 unspecified atom stereocenters. The summed E-state index contributed by atoms with van der Waals surface area (Å²) in [5.41, 5.74) is 6.25. The molecule has 8 heteroatoms. The Balaban J connectivity index is 1.58. The summed E-state index contributed by atoms with van der Waals surface area (Å²) in [6.45, 7) is 2.02. The van der Waals surface area contributed by atoms with Crippen LogP contribution in [0, 0.1) is 18.3 Å². The predicted octanol–water partition coefficient (Wildman–Crippen LogP) is 5.88. The summed E-state index contributed by atoms with van der Waals surface area (Å²) in [5.74, 6) is -0.323. The van der Waals surface area contributed by atoms with Gasteiger partial charge < -0.3 is 19.7 Å². The topological polar surface area (TPSA) is 112 Å². The summed E-state index contributed by atoms with van der Waals surface area (Å²) in [7, 11) is 0. The van der Waals surface area contributed by atoms with Crippen molar-refractivity contribution < 1.29 is 24.5 Å². The summed E-state index contributed by atoms with van der Waals surface area (Å²) < 4.78 is 12.3. The summed E-state index contributed by atoms with van der Waals surface area (Å²) >= 11 is 6.59. The highest BCUT2D eigenvalue weighted by Crippen LogP contribution is 2.35. The number of aliphatic hydroxyl groups is 1. The van der Waals surface area contributed by atoms with Crippen LogP contribution in [0.5, 0.6) is 11.5 Å². The molecule has 0 amide bonds. The first kappa shape index (κ1) is 28.7. The van der Waals surface area contributed by atoms with E-state index < -0.39 is 18.6 Å². The van der Waals surface area contributed by atoms with Crippen molar-refractivity contribution >= 4 is 17.6 Å². The highest BCUT2D eigenvalue weighted by molar-refractivity contribution is 6.32. The van der Waals surface area contributed by atoms with Gasteiger partial charge in [-0.25, -0.2) is 0 Å². The molecule has 4 rings (SSSR count). The molecule has 40 heavy (non-hydrogen) atoms. The van der Waals surface area contributed by atoms with E-state index in [1.807, 2.05) is 36.4 Å². The Bertz CT molecular complexity index is 1520. The molecule has 0 saturated carbocycles. The number of carbonyl (C=O) groups is 1. The Labute approximate surface area is 238 Å². The molecule has 0 saturated heterocycles. The van der Waals surface area contributed by atoms with Crippen LogP contribution in [0.2, 0.25) is 5.02 Å². The highest BCUT2D eigenvalue weighted by Gasteiger charge is 2.18. The largest absolute Gasteiger partial charge is 0.488 e. The Morgan fingerprint density at radius 2 is 1.70 bits per heavy atom. The Hall–Kier alpha value is -4.35. The average molecular weight is 557 g/mol. The standard InChI is InChI=1S/C32H29ClN2O5/c1-21-25(11-6-12-27(21)24-9-3-2-4-10-24)20-40-31-15-30(39-19-23-8-5-7-22(13-23)16-34)26(14-28(31)33)17-35-29(18-36)32(37)38/h2-15,29,35-36H,17-20H2,1H3,(H,37,38)/t29-/m1/s1. The number of rotatable bonds is 12. The number of nitrogens with one attached hydrogen (secondary N) is 1. The molecule has 3 N–H and O–H groups in total. The first-order valence-electron chi connectivity index (χ1n) is 12.7. The van der Waals surface area contributed by atoms with Crippen molar-refractivity contribution in [2.24, 2.45) is 0 Å². The molecule has 0 bridgehead atoms. The van der Waals surface area contributed by atoms with E-state index in [9.17, 15) is 20.3 Å². The van der Waals surface area contributed by atoms with E-state index in [1.165, 1.54) is 0 Å². The molecule has 0 fully saturated rings. The third kappa shape index (κ3) is 7.19. The molecule has 0 spiro atoms. The van der Waals surface area contributed by atoms with Gasteiger partial charge in [0.15, 0.2) is 0 Å². The van der Waals surface area contributed by atoms with Crippen molar-refractivity contribution in [1.29, 1.82) is 5.26 Å². The van der Waals surface area contributed by atoms with Gasteiger partial charge in [0, 0.05) is 18.2 Å². The lowest BCUT2D eigenvalue weighted by Crippen LogP contribution is -2.39. The number of hydrogen-bond acceptors (Lipinski definition) is 6. The van der Waals surface area contributed by atoms with Crippen LogP contribution in [0.15, 0.2) is 84.9 Å². The lowest BCUT2D eigenvalue weighted by atomic mass is 9.97. The molecule has 0 heterocycles. The summed E-state index contributed by atoms with van der Waals surface area (Å²) in [6, 6.07) is 27.6. The van der Waals surface area contributed by atoms with Crippen LogP contribution in [0.3, 0.4) is 0 Å². The Morgan fingerprint density at radius 1 is 0.950 bits per heavy atom. The number of hydrogen-bond donors (Lipinski definition) is 3. The number of ether oxygens (including phenoxy) is 2. The van der Waals surface area contributed by atoms with E-state index in [-0.39, 0.29) is 19.8 Å². The van der Waals surface area contributed by atoms with E-state index in [0.717, 1.165) is 27.8 Å². The fraction of sp³-hybridized carbons (Fsp3) is 0.188. The van der Waals surface area contributed by atoms with E-state index in [2.05, 4.69) is 36.5 Å². The minimum absolute atomic E-state index is 0.0866. The van der Waals surface area contributed by atoms with Crippen LogP contribution in [0.4, 0.5) is 0 Å². The number of aliphatic hydroxyl groups excluding tert-OH is 1. The number of carboxylic acids is 1. The van der Waals surface area contributed by atoms with E-state index in [0.29, 0.717) is 27.6 Å². The fourth-order valence-electron chi connectivity index (χ4n) is 4.24. The summed E-state index contributed by atoms with van der Waals surface area (Å²) in [4.78, 5) is 11.4. The molecule has 7 nitrogen and oxygen atoms in total. The zero-order valence-electron chi connectivity index (χ0n) is 21.9. The minimum atomic E-state index is -1.17. The van der Waals surface area contributed by atoms with Crippen molar-refractivity contribution in [2.45, 2.75) is 32.7 Å². The van der Waals surface area contributed by atoms with Crippen molar-refractivity contribution in [3.05, 3.63) is 118 Å². The third-order valence-corrected chi connectivity index (χ3v) is 6.79. The Morgan fingerprint density at radius 3 is 2.42 bits per heavy atom. The molecule has 1 atom stereocenters. The van der Waals surface area contributed by atoms with Gasteiger partial charge in [-0.1, -0.05) is 72.3 Å². The lowest BCUT2D eigenvalue weighted by Gasteiger charge is -2.18. The maximum Gasteiger partial charge on any atom is 0.323 e. The molecule has 204 valence electrons. The second-order valence-electron chi connectivity index (χ2n) is 9.19. The van der Waals surface area contributed by atoms with Gasteiger partial charge in [-0.05, 0) is 52.9 Å². The molecule has 4 aromatic rings. The van der Waals surface area contributed by atoms with Crippen molar-refractivity contribution in [3.63, 3.8) is 0 Å². The van der Waals surface area contributed by atoms with Gasteiger partial charge >= 0.3 is 5.97 Å². The van der Waals surface area contributed by atoms with Gasteiger partial charge in [-0.3, -0.25) is 10.1 Å². The monoisotopic (exact) mass is 556 g/mol. The van der Waals surface area contributed by atoms with E-state index >= 15 is 0 Å². The molecule has 0 aromatic heterocycles. The zero-order valence-corrected chi connectivity index (χ0v) is 22.7. The smallest absolute Gasteiger partial charge is 0.323 e. The molecular formula is C32H29ClN2O5. The SMILES string of the molecule is Cc1c(COc2cc(OCc3cccc(C#N)c3)c(CN[C@H](CO)C(=O)O)cc2Cl)cccc1-c1ccccc1. The van der Waals surface area contributed by atoms with Crippen molar-refractivity contribution in [1.82, 2.24) is 5.32 Å². The molecule has 4 aromatic carbocycles. The number of nitriles is 1. The Kier molecular flexibility index (Phi) is 9.76. The van der Waals surface area contributed by atoms with Crippen LogP contribution in [0.25, 0.3) is 11.1 Å². The summed E-state index contributed by atoms with van der Waals surface area (Å²) in [6.07, 6.45) is 0. The third-order valence-electron chi connectivity index (χ3n) is 6.50. The second kappa shape index (κ2) is 13.6. The van der Waals surface area contributed by atoms with Gasteiger partial charge in [-0.15, -0.1) is 0 Å². The number of halogens is 1.